The van der Waals surface area contributed by atoms with E-state index in [2.05, 4.69) is 16.7 Å². The number of fused-ring (bicyclic) bond motifs is 2. The predicted molar refractivity (Wildman–Crippen MR) is 91.0 cm³/mol. The number of hydrogen-bond donors (Lipinski definition) is 2. The first-order valence-electron chi connectivity index (χ1n) is 7.66. The molecule has 1 atom stereocenters. The fraction of sp³-hybridized carbons (Fsp3) is 0.222. The van der Waals surface area contributed by atoms with Crippen LogP contribution in [0.4, 0.5) is 5.69 Å². The third-order valence-electron chi connectivity index (χ3n) is 4.32. The van der Waals surface area contributed by atoms with Crippen molar-refractivity contribution in [2.24, 2.45) is 0 Å². The van der Waals surface area contributed by atoms with E-state index in [4.69, 9.17) is 0 Å². The molecule has 2 aromatic carbocycles. The lowest BCUT2D eigenvalue weighted by atomic mass is 9.98. The fourth-order valence-electron chi connectivity index (χ4n) is 3.10. The van der Waals surface area contributed by atoms with Gasteiger partial charge in [0.2, 0.25) is 5.91 Å². The molecule has 0 saturated carbocycles. The van der Waals surface area contributed by atoms with Gasteiger partial charge >= 0.3 is 0 Å². The predicted octanol–water partition coefficient (Wildman–Crippen LogP) is 2.80. The Bertz CT molecular complexity index is 803. The van der Waals surface area contributed by atoms with Crippen molar-refractivity contribution in [3.05, 3.63) is 59.2 Å². The topological polar surface area (TPSA) is 58.2 Å². The first-order valence-corrected chi connectivity index (χ1v) is 8.64. The molecule has 2 aliphatic heterocycles. The number of anilines is 1. The van der Waals surface area contributed by atoms with Crippen molar-refractivity contribution in [2.45, 2.75) is 17.2 Å². The van der Waals surface area contributed by atoms with Crippen LogP contribution in [0.5, 0.6) is 0 Å². The molecule has 2 N–H and O–H groups in total. The summed E-state index contributed by atoms with van der Waals surface area (Å²) >= 11 is 1.71. The average Bonchev–Trinajstić information content (AvgIpc) is 3.00. The summed E-state index contributed by atoms with van der Waals surface area (Å²) < 4.78 is 0. The van der Waals surface area contributed by atoms with Crippen LogP contribution in [0.25, 0.3) is 0 Å². The van der Waals surface area contributed by atoms with E-state index in [1.807, 2.05) is 30.3 Å². The van der Waals surface area contributed by atoms with Gasteiger partial charge in [-0.15, -0.1) is 11.8 Å². The molecule has 0 aliphatic carbocycles. The lowest BCUT2D eigenvalue weighted by Crippen LogP contribution is -2.32. The standard InChI is InChI=1S/C18H16N2O2S/c21-17-14-9-12(6-5-11(14)7-8-19-17)20-18(22)15-10-23-16-4-2-1-3-13(15)16/h1-6,9,15H,7-8,10H2,(H,19,21)(H,20,22)/t15-/m1/s1. The number of carbonyl (C=O) groups excluding carboxylic acids is 2. The number of thioether (sulfide) groups is 1. The van der Waals surface area contributed by atoms with Crippen LogP contribution >= 0.6 is 11.8 Å². The average molecular weight is 324 g/mol. The highest BCUT2D eigenvalue weighted by atomic mass is 32.2. The quantitative estimate of drug-likeness (QED) is 0.893. The number of benzene rings is 2. The normalized spacial score (nSPS) is 18.8. The van der Waals surface area contributed by atoms with Crippen LogP contribution in [-0.4, -0.2) is 24.1 Å². The lowest BCUT2D eigenvalue weighted by molar-refractivity contribution is -0.117. The van der Waals surface area contributed by atoms with Gasteiger partial charge < -0.3 is 10.6 Å². The van der Waals surface area contributed by atoms with Crippen molar-refractivity contribution < 1.29 is 9.59 Å². The van der Waals surface area contributed by atoms with Crippen LogP contribution < -0.4 is 10.6 Å². The van der Waals surface area contributed by atoms with E-state index in [9.17, 15) is 9.59 Å². The zero-order valence-corrected chi connectivity index (χ0v) is 13.3. The van der Waals surface area contributed by atoms with Crippen molar-refractivity contribution in [1.29, 1.82) is 0 Å². The number of rotatable bonds is 2. The molecule has 4 rings (SSSR count). The lowest BCUT2D eigenvalue weighted by Gasteiger charge is -2.18. The van der Waals surface area contributed by atoms with Crippen LogP contribution in [0.3, 0.4) is 0 Å². The second-order valence-corrected chi connectivity index (χ2v) is 6.83. The van der Waals surface area contributed by atoms with E-state index < -0.39 is 0 Å². The summed E-state index contributed by atoms with van der Waals surface area (Å²) in [5, 5.41) is 5.80. The van der Waals surface area contributed by atoms with E-state index in [0.717, 1.165) is 23.3 Å². The maximum atomic E-state index is 12.6. The molecule has 0 aromatic heterocycles. The van der Waals surface area contributed by atoms with Crippen molar-refractivity contribution in [2.75, 3.05) is 17.6 Å². The van der Waals surface area contributed by atoms with Gasteiger partial charge in [0.15, 0.2) is 0 Å². The molecule has 2 heterocycles. The number of amides is 2. The molecular weight excluding hydrogens is 308 g/mol. The first-order chi connectivity index (χ1) is 11.2. The Morgan fingerprint density at radius 1 is 1.22 bits per heavy atom. The van der Waals surface area contributed by atoms with Crippen LogP contribution in [-0.2, 0) is 11.2 Å². The molecule has 5 heteroatoms. The summed E-state index contributed by atoms with van der Waals surface area (Å²) in [7, 11) is 0. The monoisotopic (exact) mass is 324 g/mol. The molecule has 2 aliphatic rings. The van der Waals surface area contributed by atoms with Gasteiger partial charge in [-0.1, -0.05) is 24.3 Å². The maximum Gasteiger partial charge on any atom is 0.251 e. The van der Waals surface area contributed by atoms with Crippen LogP contribution in [0.2, 0.25) is 0 Å². The van der Waals surface area contributed by atoms with Gasteiger partial charge in [-0.3, -0.25) is 9.59 Å². The van der Waals surface area contributed by atoms with Crippen molar-refractivity contribution in [1.82, 2.24) is 5.32 Å². The van der Waals surface area contributed by atoms with E-state index >= 15 is 0 Å². The molecule has 4 nitrogen and oxygen atoms in total. The van der Waals surface area contributed by atoms with E-state index in [0.29, 0.717) is 17.8 Å². The number of carbonyl (C=O) groups is 2. The summed E-state index contributed by atoms with van der Waals surface area (Å²) in [5.41, 5.74) is 3.47. The summed E-state index contributed by atoms with van der Waals surface area (Å²) in [4.78, 5) is 25.7. The van der Waals surface area contributed by atoms with Gasteiger partial charge in [-0.25, -0.2) is 0 Å². The first kappa shape index (κ1) is 14.3. The van der Waals surface area contributed by atoms with Crippen molar-refractivity contribution >= 4 is 29.3 Å². The SMILES string of the molecule is O=C1NCCc2ccc(NC(=O)[C@@H]3CSc4ccccc43)cc21. The third-order valence-corrected chi connectivity index (χ3v) is 5.50. The van der Waals surface area contributed by atoms with Gasteiger partial charge in [-0.05, 0) is 35.7 Å². The smallest absolute Gasteiger partial charge is 0.251 e. The molecule has 0 spiro atoms. The van der Waals surface area contributed by atoms with E-state index in [1.54, 1.807) is 17.8 Å². The second-order valence-electron chi connectivity index (χ2n) is 5.77. The van der Waals surface area contributed by atoms with Crippen LogP contribution in [0, 0.1) is 0 Å². The molecule has 116 valence electrons. The zero-order chi connectivity index (χ0) is 15.8. The summed E-state index contributed by atoms with van der Waals surface area (Å²) in [6.45, 7) is 0.674. The molecule has 0 fully saturated rings. The van der Waals surface area contributed by atoms with Crippen LogP contribution in [0.1, 0.15) is 27.4 Å². The fourth-order valence-corrected chi connectivity index (χ4v) is 4.33. The Balaban J connectivity index is 1.56. The minimum atomic E-state index is -0.138. The molecule has 2 amide bonds. The Morgan fingerprint density at radius 2 is 2.09 bits per heavy atom. The maximum absolute atomic E-state index is 12.6. The largest absolute Gasteiger partial charge is 0.352 e. The molecule has 23 heavy (non-hydrogen) atoms. The van der Waals surface area contributed by atoms with Gasteiger partial charge in [-0.2, -0.15) is 0 Å². The highest BCUT2D eigenvalue weighted by molar-refractivity contribution is 7.99. The van der Waals surface area contributed by atoms with Crippen molar-refractivity contribution in [3.8, 4) is 0 Å². The molecule has 0 bridgehead atoms. The molecular formula is C18H16N2O2S. The van der Waals surface area contributed by atoms with Gasteiger partial charge in [0.1, 0.15) is 0 Å². The highest BCUT2D eigenvalue weighted by Gasteiger charge is 2.29. The summed E-state index contributed by atoms with van der Waals surface area (Å²) in [6.07, 6.45) is 0.835. The van der Waals surface area contributed by atoms with Gasteiger partial charge in [0.25, 0.3) is 5.91 Å². The second kappa shape index (κ2) is 5.74. The Kier molecular flexibility index (Phi) is 3.58. The van der Waals surface area contributed by atoms with Crippen molar-refractivity contribution in [3.63, 3.8) is 0 Å². The van der Waals surface area contributed by atoms with Gasteiger partial charge in [0.05, 0.1) is 5.92 Å². The van der Waals surface area contributed by atoms with E-state index in [-0.39, 0.29) is 17.7 Å². The van der Waals surface area contributed by atoms with Gasteiger partial charge in [0, 0.05) is 28.4 Å². The molecule has 2 aromatic rings. The zero-order valence-electron chi connectivity index (χ0n) is 12.5. The van der Waals surface area contributed by atoms with E-state index in [1.165, 1.54) is 4.90 Å². The Labute approximate surface area is 138 Å². The molecule has 0 radical (unpaired) electrons. The third kappa shape index (κ3) is 2.61. The van der Waals surface area contributed by atoms with Crippen LogP contribution in [0.15, 0.2) is 47.4 Å². The minimum absolute atomic E-state index is 0.0152. The minimum Gasteiger partial charge on any atom is -0.352 e. The highest BCUT2D eigenvalue weighted by Crippen LogP contribution is 2.39. The number of nitrogens with one attached hydrogen (secondary N) is 2. The molecule has 0 saturated heterocycles. The summed E-state index contributed by atoms with van der Waals surface area (Å²) in [5.74, 6) is 0.542. The number of hydrogen-bond acceptors (Lipinski definition) is 3. The molecule has 0 unspecified atom stereocenters. The summed E-state index contributed by atoms with van der Waals surface area (Å²) in [6, 6.07) is 13.6. The Morgan fingerprint density at radius 3 is 3.00 bits per heavy atom. The Hall–Kier alpha value is -2.27.